The number of nitrogens with two attached hydrogens (primary N) is 1. The van der Waals surface area contributed by atoms with Crippen LogP contribution < -0.4 is 5.73 Å². The van der Waals surface area contributed by atoms with Crippen molar-refractivity contribution in [2.24, 2.45) is 5.73 Å². The molecule has 0 aromatic heterocycles. The monoisotopic (exact) mass is 452 g/mol. The van der Waals surface area contributed by atoms with Crippen LogP contribution in [0.3, 0.4) is 0 Å². The van der Waals surface area contributed by atoms with Crippen LogP contribution in [0.25, 0.3) is 0 Å². The van der Waals surface area contributed by atoms with Gasteiger partial charge in [-0.1, -0.05) is 175 Å². The van der Waals surface area contributed by atoms with E-state index in [1.54, 1.807) is 0 Å². The van der Waals surface area contributed by atoms with E-state index >= 15 is 0 Å². The van der Waals surface area contributed by atoms with Gasteiger partial charge in [-0.15, -0.1) is 0 Å². The molecule has 0 aromatic carbocycles. The molecule has 0 amide bonds. The van der Waals surface area contributed by atoms with Crippen molar-refractivity contribution in [1.82, 2.24) is 0 Å². The molecule has 1 nitrogen and oxygen atoms in total. The summed E-state index contributed by atoms with van der Waals surface area (Å²) in [6.45, 7) is 6.92. The largest absolute Gasteiger partial charge is 0.325 e. The van der Waals surface area contributed by atoms with Gasteiger partial charge < -0.3 is 5.73 Å². The Labute approximate surface area is 205 Å². The Hall–Kier alpha value is -0.0400. The lowest BCUT2D eigenvalue weighted by Crippen LogP contribution is -2.39. The lowest BCUT2D eigenvalue weighted by Gasteiger charge is -2.30. The van der Waals surface area contributed by atoms with E-state index in [4.69, 9.17) is 5.73 Å². The Morgan fingerprint density at radius 3 is 0.719 bits per heavy atom. The fraction of sp³-hybridized carbons (Fsp3) is 1.00. The van der Waals surface area contributed by atoms with Crippen LogP contribution in [0.15, 0.2) is 0 Å². The van der Waals surface area contributed by atoms with E-state index in [1.165, 1.54) is 173 Å². The quantitative estimate of drug-likeness (QED) is 0.123. The maximum absolute atomic E-state index is 7.04. The van der Waals surface area contributed by atoms with Gasteiger partial charge >= 0.3 is 0 Å². The molecule has 0 rings (SSSR count). The number of hydrogen-bond donors (Lipinski definition) is 1. The lowest BCUT2D eigenvalue weighted by atomic mass is 9.82. The summed E-state index contributed by atoms with van der Waals surface area (Å²) in [5, 5.41) is 0. The van der Waals surface area contributed by atoms with E-state index < -0.39 is 0 Å². The van der Waals surface area contributed by atoms with Gasteiger partial charge in [0.2, 0.25) is 0 Å². The van der Waals surface area contributed by atoms with Crippen LogP contribution in [0.5, 0.6) is 0 Å². The maximum Gasteiger partial charge on any atom is 0.0154 e. The van der Waals surface area contributed by atoms with Crippen molar-refractivity contribution in [3.05, 3.63) is 0 Å². The Bertz CT molecular complexity index is 287. The van der Waals surface area contributed by atoms with E-state index in [0.717, 1.165) is 0 Å². The fourth-order valence-corrected chi connectivity index (χ4v) is 5.21. The van der Waals surface area contributed by atoms with Crippen molar-refractivity contribution >= 4 is 0 Å². The van der Waals surface area contributed by atoms with Crippen molar-refractivity contribution in [3.63, 3.8) is 0 Å². The third-order valence-electron chi connectivity index (χ3n) is 7.58. The second-order valence-corrected chi connectivity index (χ2v) is 11.0. The molecule has 0 radical (unpaired) electrons. The van der Waals surface area contributed by atoms with Crippen LogP contribution >= 0.6 is 0 Å². The lowest BCUT2D eigenvalue weighted by molar-refractivity contribution is 0.302. The molecule has 0 atom stereocenters. The average Bonchev–Trinajstić information content (AvgIpc) is 2.79. The van der Waals surface area contributed by atoms with Gasteiger partial charge in [-0.2, -0.15) is 0 Å². The van der Waals surface area contributed by atoms with E-state index in [0.29, 0.717) is 0 Å². The van der Waals surface area contributed by atoms with Crippen molar-refractivity contribution < 1.29 is 0 Å². The van der Waals surface area contributed by atoms with Gasteiger partial charge in [0.05, 0.1) is 0 Å². The zero-order valence-corrected chi connectivity index (χ0v) is 23.2. The van der Waals surface area contributed by atoms with E-state index in [1.807, 2.05) is 0 Å². The average molecular weight is 452 g/mol. The van der Waals surface area contributed by atoms with Crippen molar-refractivity contribution in [3.8, 4) is 0 Å². The summed E-state index contributed by atoms with van der Waals surface area (Å²) in [4.78, 5) is 0. The predicted octanol–water partition coefficient (Wildman–Crippen LogP) is 11.3. The molecule has 0 fully saturated rings. The highest BCUT2D eigenvalue weighted by Crippen LogP contribution is 2.27. The fourth-order valence-electron chi connectivity index (χ4n) is 5.21. The van der Waals surface area contributed by atoms with Crippen LogP contribution in [-0.4, -0.2) is 5.54 Å². The van der Waals surface area contributed by atoms with Gasteiger partial charge in [-0.3, -0.25) is 0 Å². The summed E-state index contributed by atoms with van der Waals surface area (Å²) in [5.41, 5.74) is 7.17. The number of unbranched alkanes of at least 4 members (excludes halogenated alkanes) is 21. The zero-order chi connectivity index (χ0) is 23.6. The van der Waals surface area contributed by atoms with Gasteiger partial charge in [-0.25, -0.2) is 0 Å². The van der Waals surface area contributed by atoms with Crippen LogP contribution in [0.4, 0.5) is 0 Å². The molecule has 0 saturated heterocycles. The summed E-state index contributed by atoms with van der Waals surface area (Å²) < 4.78 is 0. The number of hydrogen-bond acceptors (Lipinski definition) is 1. The van der Waals surface area contributed by atoms with Crippen LogP contribution in [0.1, 0.15) is 194 Å². The SMILES string of the molecule is CCCCCCCCCCC(N)(CCCCCCCCCC)CCCCCCCCCC. The minimum Gasteiger partial charge on any atom is -0.325 e. The maximum atomic E-state index is 7.04. The summed E-state index contributed by atoms with van der Waals surface area (Å²) in [6.07, 6.45) is 37.7. The summed E-state index contributed by atoms with van der Waals surface area (Å²) >= 11 is 0. The van der Waals surface area contributed by atoms with Crippen molar-refractivity contribution in [1.29, 1.82) is 0 Å². The van der Waals surface area contributed by atoms with Gasteiger partial charge in [0.25, 0.3) is 0 Å². The molecule has 1 heteroatoms. The molecule has 0 heterocycles. The molecule has 0 aliphatic rings. The molecule has 0 unspecified atom stereocenters. The Balaban J connectivity index is 4.04. The first-order chi connectivity index (χ1) is 15.7. The minimum absolute atomic E-state index is 0.132. The highest BCUT2D eigenvalue weighted by atomic mass is 14.7. The first kappa shape index (κ1) is 32.0. The second kappa shape index (κ2) is 25.6. The van der Waals surface area contributed by atoms with Crippen LogP contribution in [-0.2, 0) is 0 Å². The van der Waals surface area contributed by atoms with Gasteiger partial charge in [0, 0.05) is 5.54 Å². The minimum atomic E-state index is 0.132. The Morgan fingerprint density at radius 1 is 0.312 bits per heavy atom. The highest BCUT2D eigenvalue weighted by molar-refractivity contribution is 4.84. The summed E-state index contributed by atoms with van der Waals surface area (Å²) in [6, 6.07) is 0. The zero-order valence-electron chi connectivity index (χ0n) is 23.2. The van der Waals surface area contributed by atoms with Gasteiger partial charge in [-0.05, 0) is 19.3 Å². The summed E-state index contributed by atoms with van der Waals surface area (Å²) in [5.74, 6) is 0. The van der Waals surface area contributed by atoms with Crippen molar-refractivity contribution in [2.75, 3.05) is 0 Å². The standard InChI is InChI=1S/C31H65N/c1-4-7-10-13-16-19-22-25-28-31(32,29-26-23-20-17-14-11-8-5-2)30-27-24-21-18-15-12-9-6-3/h4-30,32H2,1-3H3. The highest BCUT2D eigenvalue weighted by Gasteiger charge is 2.23. The number of rotatable bonds is 27. The topological polar surface area (TPSA) is 26.0 Å². The normalized spacial score (nSPS) is 12.0. The molecule has 0 aliphatic carbocycles. The molecule has 0 spiro atoms. The molecule has 0 aromatic rings. The molecule has 32 heavy (non-hydrogen) atoms. The first-order valence-corrected chi connectivity index (χ1v) is 15.5. The third kappa shape index (κ3) is 23.1. The predicted molar refractivity (Wildman–Crippen MR) is 149 cm³/mol. The van der Waals surface area contributed by atoms with E-state index in [2.05, 4.69) is 20.8 Å². The Morgan fingerprint density at radius 2 is 0.500 bits per heavy atom. The van der Waals surface area contributed by atoms with Crippen LogP contribution in [0, 0.1) is 0 Å². The summed E-state index contributed by atoms with van der Waals surface area (Å²) in [7, 11) is 0. The van der Waals surface area contributed by atoms with Crippen LogP contribution in [0.2, 0.25) is 0 Å². The Kier molecular flexibility index (Phi) is 25.5. The molecule has 0 saturated carbocycles. The van der Waals surface area contributed by atoms with Crippen molar-refractivity contribution in [2.45, 2.75) is 200 Å². The first-order valence-electron chi connectivity index (χ1n) is 15.5. The molecular formula is C31H65N. The smallest absolute Gasteiger partial charge is 0.0154 e. The molecule has 0 aliphatic heterocycles. The molecule has 2 N–H and O–H groups in total. The van der Waals surface area contributed by atoms with E-state index in [9.17, 15) is 0 Å². The molecule has 0 bridgehead atoms. The third-order valence-corrected chi connectivity index (χ3v) is 7.58. The second-order valence-electron chi connectivity index (χ2n) is 11.0. The van der Waals surface area contributed by atoms with Gasteiger partial charge in [0.15, 0.2) is 0 Å². The molecular weight excluding hydrogens is 386 g/mol. The van der Waals surface area contributed by atoms with Gasteiger partial charge in [0.1, 0.15) is 0 Å². The molecule has 194 valence electrons. The van der Waals surface area contributed by atoms with E-state index in [-0.39, 0.29) is 5.54 Å².